The van der Waals surface area contributed by atoms with E-state index < -0.39 is 6.43 Å². The number of alkyl halides is 2. The molecule has 0 amide bonds. The van der Waals surface area contributed by atoms with Crippen LogP contribution >= 0.6 is 0 Å². The highest BCUT2D eigenvalue weighted by atomic mass is 19.3. The summed E-state index contributed by atoms with van der Waals surface area (Å²) < 4.78 is 23.7. The maximum atomic E-state index is 11.9. The number of halogens is 2. The molecule has 0 aromatic heterocycles. The Morgan fingerprint density at radius 1 is 1.46 bits per heavy atom. The summed E-state index contributed by atoms with van der Waals surface area (Å²) in [5, 5.41) is 2.62. The van der Waals surface area contributed by atoms with Gasteiger partial charge in [-0.25, -0.2) is 8.78 Å². The minimum atomic E-state index is -2.35. The first-order chi connectivity index (χ1) is 6.11. The first-order valence-corrected chi connectivity index (χ1v) is 3.98. The molecule has 0 radical (unpaired) electrons. The van der Waals surface area contributed by atoms with E-state index in [0.717, 1.165) is 5.56 Å². The lowest BCUT2D eigenvalue weighted by molar-refractivity contribution is 0.163. The van der Waals surface area contributed by atoms with Crippen LogP contribution in [0.1, 0.15) is 5.56 Å². The Bertz CT molecular complexity index is 287. The topological polar surface area (TPSA) is 38.0 Å². The zero-order valence-corrected chi connectivity index (χ0v) is 7.35. The first kappa shape index (κ1) is 9.77. The average molecular weight is 186 g/mol. The van der Waals surface area contributed by atoms with Crippen molar-refractivity contribution in [2.45, 2.75) is 13.3 Å². The fourth-order valence-electron chi connectivity index (χ4n) is 1.03. The predicted octanol–water partition coefficient (Wildman–Crippen LogP) is 2.25. The molecule has 0 unspecified atom stereocenters. The van der Waals surface area contributed by atoms with Gasteiger partial charge in [-0.05, 0) is 24.6 Å². The number of hydrogen-bond acceptors (Lipinski definition) is 2. The standard InChI is InChI=1S/C9H12F2N2/c1-6-7(12)3-2-4-8(6)13-5-9(10)11/h2-4,9,13H,5,12H2,1H3. The van der Waals surface area contributed by atoms with Crippen LogP contribution in [0.2, 0.25) is 0 Å². The molecule has 0 aliphatic heterocycles. The van der Waals surface area contributed by atoms with Crippen molar-refractivity contribution in [3.05, 3.63) is 23.8 Å². The van der Waals surface area contributed by atoms with Crippen LogP contribution in [0.3, 0.4) is 0 Å². The van der Waals surface area contributed by atoms with Crippen LogP contribution in [-0.4, -0.2) is 13.0 Å². The van der Waals surface area contributed by atoms with Crippen molar-refractivity contribution < 1.29 is 8.78 Å². The third kappa shape index (κ3) is 2.57. The number of anilines is 2. The van der Waals surface area contributed by atoms with Crippen molar-refractivity contribution in [2.24, 2.45) is 0 Å². The van der Waals surface area contributed by atoms with Crippen LogP contribution in [0, 0.1) is 6.92 Å². The van der Waals surface area contributed by atoms with Gasteiger partial charge in [-0.2, -0.15) is 0 Å². The SMILES string of the molecule is Cc1c(N)cccc1NCC(F)F. The van der Waals surface area contributed by atoms with E-state index in [9.17, 15) is 8.78 Å². The number of benzene rings is 1. The summed E-state index contributed by atoms with van der Waals surface area (Å²) in [5.74, 6) is 0. The molecule has 0 atom stereocenters. The van der Waals surface area contributed by atoms with Gasteiger partial charge in [0.15, 0.2) is 0 Å². The maximum Gasteiger partial charge on any atom is 0.255 e. The monoisotopic (exact) mass is 186 g/mol. The van der Waals surface area contributed by atoms with Crippen molar-refractivity contribution in [1.29, 1.82) is 0 Å². The fraction of sp³-hybridized carbons (Fsp3) is 0.333. The molecule has 0 heterocycles. The number of hydrogen-bond donors (Lipinski definition) is 2. The molecule has 72 valence electrons. The highest BCUT2D eigenvalue weighted by Crippen LogP contribution is 2.20. The Kier molecular flexibility index (Phi) is 3.06. The molecule has 0 spiro atoms. The minimum absolute atomic E-state index is 0.343. The van der Waals surface area contributed by atoms with Crippen LogP contribution in [-0.2, 0) is 0 Å². The van der Waals surface area contributed by atoms with Crippen molar-refractivity contribution >= 4 is 11.4 Å². The summed E-state index contributed by atoms with van der Waals surface area (Å²) in [4.78, 5) is 0. The van der Waals surface area contributed by atoms with E-state index in [0.29, 0.717) is 11.4 Å². The summed E-state index contributed by atoms with van der Waals surface area (Å²) in [7, 11) is 0. The molecule has 0 bridgehead atoms. The molecule has 0 aliphatic rings. The van der Waals surface area contributed by atoms with Gasteiger partial charge in [0.2, 0.25) is 0 Å². The van der Waals surface area contributed by atoms with Gasteiger partial charge in [-0.15, -0.1) is 0 Å². The summed E-state index contributed by atoms with van der Waals surface area (Å²) in [6, 6.07) is 5.20. The number of nitrogens with one attached hydrogen (secondary N) is 1. The Morgan fingerprint density at radius 2 is 2.15 bits per heavy atom. The third-order valence-electron chi connectivity index (χ3n) is 1.82. The Labute approximate surface area is 75.7 Å². The van der Waals surface area contributed by atoms with Gasteiger partial charge >= 0.3 is 0 Å². The van der Waals surface area contributed by atoms with Gasteiger partial charge in [0.1, 0.15) is 0 Å². The lowest BCUT2D eigenvalue weighted by atomic mass is 10.1. The van der Waals surface area contributed by atoms with E-state index >= 15 is 0 Å². The van der Waals surface area contributed by atoms with E-state index in [1.807, 2.05) is 0 Å². The molecule has 1 aromatic rings. The number of rotatable bonds is 3. The highest BCUT2D eigenvalue weighted by Gasteiger charge is 2.04. The average Bonchev–Trinajstić information content (AvgIpc) is 2.07. The molecule has 13 heavy (non-hydrogen) atoms. The molecule has 1 aromatic carbocycles. The molecule has 3 N–H and O–H groups in total. The van der Waals surface area contributed by atoms with E-state index in [2.05, 4.69) is 5.32 Å². The van der Waals surface area contributed by atoms with Crippen LogP contribution in [0.5, 0.6) is 0 Å². The molecule has 0 saturated heterocycles. The maximum absolute atomic E-state index is 11.9. The number of nitrogens with two attached hydrogens (primary N) is 1. The van der Waals surface area contributed by atoms with Crippen molar-refractivity contribution in [3.63, 3.8) is 0 Å². The molecule has 1 rings (SSSR count). The lowest BCUT2D eigenvalue weighted by Gasteiger charge is -2.10. The highest BCUT2D eigenvalue weighted by molar-refractivity contribution is 5.62. The van der Waals surface area contributed by atoms with Gasteiger partial charge in [-0.1, -0.05) is 6.07 Å². The van der Waals surface area contributed by atoms with Gasteiger partial charge < -0.3 is 11.1 Å². The van der Waals surface area contributed by atoms with Crippen molar-refractivity contribution in [3.8, 4) is 0 Å². The molecular weight excluding hydrogens is 174 g/mol. The summed E-state index contributed by atoms with van der Waals surface area (Å²) >= 11 is 0. The van der Waals surface area contributed by atoms with Gasteiger partial charge in [0.05, 0.1) is 6.54 Å². The van der Waals surface area contributed by atoms with E-state index in [4.69, 9.17) is 5.73 Å². The zero-order chi connectivity index (χ0) is 9.84. The second-order valence-corrected chi connectivity index (χ2v) is 2.79. The molecule has 0 aliphatic carbocycles. The van der Waals surface area contributed by atoms with Gasteiger partial charge in [0, 0.05) is 11.4 Å². The lowest BCUT2D eigenvalue weighted by Crippen LogP contribution is -2.11. The van der Waals surface area contributed by atoms with Crippen molar-refractivity contribution in [2.75, 3.05) is 17.6 Å². The quantitative estimate of drug-likeness (QED) is 0.710. The summed E-state index contributed by atoms with van der Waals surface area (Å²) in [6.07, 6.45) is -2.35. The summed E-state index contributed by atoms with van der Waals surface area (Å²) in [6.45, 7) is 1.45. The normalized spacial score (nSPS) is 10.5. The molecule has 0 fully saturated rings. The van der Waals surface area contributed by atoms with Crippen LogP contribution in [0.25, 0.3) is 0 Å². The third-order valence-corrected chi connectivity index (χ3v) is 1.82. The van der Waals surface area contributed by atoms with Crippen LogP contribution in [0.15, 0.2) is 18.2 Å². The van der Waals surface area contributed by atoms with Gasteiger partial charge in [0.25, 0.3) is 6.43 Å². The Hall–Kier alpha value is -1.32. The smallest absolute Gasteiger partial charge is 0.255 e. The van der Waals surface area contributed by atoms with Crippen LogP contribution < -0.4 is 11.1 Å². The number of nitrogen functional groups attached to an aromatic ring is 1. The van der Waals surface area contributed by atoms with Crippen molar-refractivity contribution in [1.82, 2.24) is 0 Å². The minimum Gasteiger partial charge on any atom is -0.398 e. The first-order valence-electron chi connectivity index (χ1n) is 3.98. The Morgan fingerprint density at radius 3 is 2.77 bits per heavy atom. The predicted molar refractivity (Wildman–Crippen MR) is 50.1 cm³/mol. The van der Waals surface area contributed by atoms with Gasteiger partial charge in [-0.3, -0.25) is 0 Å². The zero-order valence-electron chi connectivity index (χ0n) is 7.35. The summed E-state index contributed by atoms with van der Waals surface area (Å²) in [5.41, 5.74) is 7.69. The second-order valence-electron chi connectivity index (χ2n) is 2.79. The second kappa shape index (κ2) is 4.07. The van der Waals surface area contributed by atoms with E-state index in [-0.39, 0.29) is 6.54 Å². The van der Waals surface area contributed by atoms with E-state index in [1.54, 1.807) is 25.1 Å². The van der Waals surface area contributed by atoms with E-state index in [1.165, 1.54) is 0 Å². The molecule has 2 nitrogen and oxygen atoms in total. The fourth-order valence-corrected chi connectivity index (χ4v) is 1.03. The molecular formula is C9H12F2N2. The van der Waals surface area contributed by atoms with Crippen LogP contribution in [0.4, 0.5) is 20.2 Å². The Balaban J connectivity index is 2.71. The molecule has 0 saturated carbocycles. The molecule has 4 heteroatoms. The largest absolute Gasteiger partial charge is 0.398 e.